The summed E-state index contributed by atoms with van der Waals surface area (Å²) in [6, 6.07) is 13.2. The van der Waals surface area contributed by atoms with Gasteiger partial charge in [0.1, 0.15) is 12.4 Å². The molecule has 24 heavy (non-hydrogen) atoms. The molecule has 0 N–H and O–H groups in total. The number of methoxy groups -OCH3 is 1. The average molecular weight is 325 g/mol. The van der Waals surface area contributed by atoms with Gasteiger partial charge < -0.3 is 14.1 Å². The predicted molar refractivity (Wildman–Crippen MR) is 88.8 cm³/mol. The van der Waals surface area contributed by atoms with Gasteiger partial charge in [-0.2, -0.15) is 5.10 Å². The molecule has 1 aromatic carbocycles. The molecule has 0 aliphatic rings. The molecule has 6 nitrogen and oxygen atoms in total. The normalized spacial score (nSPS) is 10.8. The van der Waals surface area contributed by atoms with Gasteiger partial charge in [0.05, 0.1) is 11.9 Å². The summed E-state index contributed by atoms with van der Waals surface area (Å²) < 4.78 is 12.3. The van der Waals surface area contributed by atoms with Crippen molar-refractivity contribution in [1.29, 1.82) is 0 Å². The van der Waals surface area contributed by atoms with Crippen molar-refractivity contribution in [3.8, 4) is 5.69 Å². The van der Waals surface area contributed by atoms with Crippen LogP contribution in [0.2, 0.25) is 0 Å². The van der Waals surface area contributed by atoms with Crippen molar-refractivity contribution in [2.45, 2.75) is 13.2 Å². The summed E-state index contributed by atoms with van der Waals surface area (Å²) in [5.41, 5.74) is 1.92. The van der Waals surface area contributed by atoms with Crippen molar-refractivity contribution in [2.75, 3.05) is 14.2 Å². The maximum absolute atomic E-state index is 12.4. The number of nitrogens with zero attached hydrogens (tertiary/aromatic N) is 3. The lowest BCUT2D eigenvalue weighted by Crippen LogP contribution is -2.25. The number of carbonyl (C=O) groups excluding carboxylic acids is 1. The highest BCUT2D eigenvalue weighted by Crippen LogP contribution is 2.14. The summed E-state index contributed by atoms with van der Waals surface area (Å²) in [7, 11) is 3.32. The number of amides is 1. The number of para-hydroxylation sites is 1. The largest absolute Gasteiger partial charge is 0.453 e. The number of rotatable bonds is 6. The van der Waals surface area contributed by atoms with E-state index in [0.29, 0.717) is 24.7 Å². The zero-order valence-corrected chi connectivity index (χ0v) is 13.7. The van der Waals surface area contributed by atoms with Gasteiger partial charge in [-0.15, -0.1) is 0 Å². The van der Waals surface area contributed by atoms with Crippen LogP contribution in [0.4, 0.5) is 0 Å². The van der Waals surface area contributed by atoms with Crippen molar-refractivity contribution < 1.29 is 13.9 Å². The van der Waals surface area contributed by atoms with Crippen LogP contribution in [0.3, 0.4) is 0 Å². The first-order chi connectivity index (χ1) is 11.7. The molecule has 3 rings (SSSR count). The van der Waals surface area contributed by atoms with Crippen molar-refractivity contribution in [2.24, 2.45) is 0 Å². The highest BCUT2D eigenvalue weighted by molar-refractivity contribution is 5.91. The Kier molecular flexibility index (Phi) is 4.77. The molecule has 0 unspecified atom stereocenters. The highest BCUT2D eigenvalue weighted by atomic mass is 16.5. The Balaban J connectivity index is 1.67. The molecule has 6 heteroatoms. The number of ether oxygens (including phenoxy) is 1. The summed E-state index contributed by atoms with van der Waals surface area (Å²) in [5, 5.41) is 4.34. The Hall–Kier alpha value is -2.86. The summed E-state index contributed by atoms with van der Waals surface area (Å²) in [6.07, 6.45) is 3.67. The minimum atomic E-state index is -0.176. The van der Waals surface area contributed by atoms with Crippen molar-refractivity contribution in [1.82, 2.24) is 14.7 Å². The van der Waals surface area contributed by atoms with E-state index in [9.17, 15) is 4.79 Å². The fourth-order valence-electron chi connectivity index (χ4n) is 2.41. The molecule has 2 heterocycles. The van der Waals surface area contributed by atoms with Crippen LogP contribution < -0.4 is 0 Å². The molecule has 0 bridgehead atoms. The quantitative estimate of drug-likeness (QED) is 0.699. The molecule has 0 atom stereocenters. The molecule has 124 valence electrons. The van der Waals surface area contributed by atoms with Gasteiger partial charge >= 0.3 is 0 Å². The monoisotopic (exact) mass is 325 g/mol. The van der Waals surface area contributed by atoms with E-state index in [2.05, 4.69) is 5.10 Å². The molecule has 0 aliphatic heterocycles. The third kappa shape index (κ3) is 3.55. The van der Waals surface area contributed by atoms with Crippen LogP contribution in [0, 0.1) is 0 Å². The van der Waals surface area contributed by atoms with Gasteiger partial charge in [0.2, 0.25) is 0 Å². The lowest BCUT2D eigenvalue weighted by molar-refractivity contribution is 0.0745. The minimum absolute atomic E-state index is 0.176. The standard InChI is InChI=1S/C18H19N3O3/c1-20(18(22)17-9-8-16(24-17)13-23-2)11-14-10-19-21(12-14)15-6-4-3-5-7-15/h3-10,12H,11,13H2,1-2H3. The molecule has 0 saturated heterocycles. The van der Waals surface area contributed by atoms with Gasteiger partial charge in [-0.25, -0.2) is 4.68 Å². The van der Waals surface area contributed by atoms with Crippen LogP contribution in [-0.4, -0.2) is 34.7 Å². The lowest BCUT2D eigenvalue weighted by atomic mass is 10.3. The van der Waals surface area contributed by atoms with Crippen LogP contribution >= 0.6 is 0 Å². The van der Waals surface area contributed by atoms with Gasteiger partial charge in [0, 0.05) is 32.5 Å². The predicted octanol–water partition coefficient (Wildman–Crippen LogP) is 2.88. The van der Waals surface area contributed by atoms with E-state index < -0.39 is 0 Å². The molecule has 3 aromatic rings. The Bertz CT molecular complexity index is 808. The number of aromatic nitrogens is 2. The number of hydrogen-bond donors (Lipinski definition) is 0. The maximum Gasteiger partial charge on any atom is 0.289 e. The second kappa shape index (κ2) is 7.14. The zero-order valence-electron chi connectivity index (χ0n) is 13.7. The van der Waals surface area contributed by atoms with E-state index in [4.69, 9.17) is 9.15 Å². The Morgan fingerprint density at radius 2 is 2.04 bits per heavy atom. The molecule has 2 aromatic heterocycles. The van der Waals surface area contributed by atoms with Crippen molar-refractivity contribution >= 4 is 5.91 Å². The molecule has 0 spiro atoms. The van der Waals surface area contributed by atoms with Crippen molar-refractivity contribution in [3.63, 3.8) is 0 Å². The smallest absolute Gasteiger partial charge is 0.289 e. The lowest BCUT2D eigenvalue weighted by Gasteiger charge is -2.14. The van der Waals surface area contributed by atoms with Gasteiger partial charge in [0.25, 0.3) is 5.91 Å². The summed E-state index contributed by atoms with van der Waals surface area (Å²) in [6.45, 7) is 0.798. The molecule has 0 fully saturated rings. The number of furan rings is 1. The fourth-order valence-corrected chi connectivity index (χ4v) is 2.41. The topological polar surface area (TPSA) is 60.5 Å². The first-order valence-electron chi connectivity index (χ1n) is 7.59. The summed E-state index contributed by atoms with van der Waals surface area (Å²) in [5.74, 6) is 0.760. The summed E-state index contributed by atoms with van der Waals surface area (Å²) in [4.78, 5) is 14.0. The van der Waals surface area contributed by atoms with Crippen LogP contribution in [-0.2, 0) is 17.9 Å². The van der Waals surface area contributed by atoms with Crippen LogP contribution in [0.1, 0.15) is 21.9 Å². The summed E-state index contributed by atoms with van der Waals surface area (Å²) >= 11 is 0. The Morgan fingerprint density at radius 1 is 1.25 bits per heavy atom. The Labute approximate surface area is 140 Å². The van der Waals surface area contributed by atoms with Crippen molar-refractivity contribution in [3.05, 3.63) is 71.9 Å². The molecular formula is C18H19N3O3. The number of hydrogen-bond acceptors (Lipinski definition) is 4. The third-order valence-corrected chi connectivity index (χ3v) is 3.58. The van der Waals surface area contributed by atoms with Gasteiger partial charge in [-0.05, 0) is 24.3 Å². The number of benzene rings is 1. The van der Waals surface area contributed by atoms with Crippen LogP contribution in [0.15, 0.2) is 59.3 Å². The molecule has 0 saturated carbocycles. The van der Waals surface area contributed by atoms with Gasteiger partial charge in [0.15, 0.2) is 5.76 Å². The van der Waals surface area contributed by atoms with Crippen LogP contribution in [0.5, 0.6) is 0 Å². The van der Waals surface area contributed by atoms with Gasteiger partial charge in [-0.3, -0.25) is 4.79 Å². The first-order valence-corrected chi connectivity index (χ1v) is 7.59. The second-order valence-corrected chi connectivity index (χ2v) is 5.49. The third-order valence-electron chi connectivity index (χ3n) is 3.58. The SMILES string of the molecule is COCc1ccc(C(=O)N(C)Cc2cnn(-c3ccccc3)c2)o1. The molecule has 1 amide bonds. The highest BCUT2D eigenvalue weighted by Gasteiger charge is 2.17. The molecular weight excluding hydrogens is 306 g/mol. The van der Waals surface area contributed by atoms with E-state index >= 15 is 0 Å². The minimum Gasteiger partial charge on any atom is -0.453 e. The van der Waals surface area contributed by atoms with Gasteiger partial charge in [-0.1, -0.05) is 18.2 Å². The second-order valence-electron chi connectivity index (χ2n) is 5.49. The molecule has 0 radical (unpaired) electrons. The fraction of sp³-hybridized carbons (Fsp3) is 0.222. The van der Waals surface area contributed by atoms with E-state index in [1.54, 1.807) is 42.1 Å². The first kappa shape index (κ1) is 16.0. The molecule has 0 aliphatic carbocycles. The van der Waals surface area contributed by atoms with E-state index in [-0.39, 0.29) is 5.91 Å². The van der Waals surface area contributed by atoms with Crippen LogP contribution in [0.25, 0.3) is 5.69 Å². The maximum atomic E-state index is 12.4. The average Bonchev–Trinajstić information content (AvgIpc) is 3.25. The van der Waals surface area contributed by atoms with E-state index in [1.165, 1.54) is 0 Å². The Morgan fingerprint density at radius 3 is 2.79 bits per heavy atom. The van der Waals surface area contributed by atoms with E-state index in [1.807, 2.05) is 36.5 Å². The van der Waals surface area contributed by atoms with E-state index in [0.717, 1.165) is 11.3 Å². The zero-order chi connectivity index (χ0) is 16.9. The number of carbonyl (C=O) groups is 1.